The Hall–Kier alpha value is -2.76. The molecule has 0 saturated carbocycles. The fraction of sp³-hybridized carbons (Fsp3) is 0.522. The van der Waals surface area contributed by atoms with Crippen LogP contribution in [0.15, 0.2) is 35.4 Å². The third kappa shape index (κ3) is 5.01. The van der Waals surface area contributed by atoms with E-state index in [4.69, 9.17) is 4.74 Å². The first-order valence-electron chi connectivity index (χ1n) is 11.5. The number of carboxylic acid groups (broad SMARTS) is 1. The number of aromatic carboxylic acids is 1. The number of piperazine rings is 1. The van der Waals surface area contributed by atoms with Gasteiger partial charge in [-0.3, -0.25) is 4.90 Å². The molecule has 1 N–H and O–H groups in total. The van der Waals surface area contributed by atoms with E-state index in [9.17, 15) is 18.3 Å². The monoisotopic (exact) mass is 489 g/mol. The van der Waals surface area contributed by atoms with Gasteiger partial charge in [-0.1, -0.05) is 0 Å². The SMILES string of the molecule is COc1ccc(S(=O)(=O)N2CCN(C(C)c3ncc(C(=O)O)c(N4CCCCC4)n3)CC2)cc1. The lowest BCUT2D eigenvalue weighted by Gasteiger charge is -2.37. The molecule has 11 heteroatoms. The van der Waals surface area contributed by atoms with E-state index in [2.05, 4.69) is 14.9 Å². The molecule has 1 unspecified atom stereocenters. The number of aromatic nitrogens is 2. The predicted molar refractivity (Wildman–Crippen MR) is 127 cm³/mol. The summed E-state index contributed by atoms with van der Waals surface area (Å²) in [5.41, 5.74) is 0.119. The Labute approximate surface area is 200 Å². The standard InChI is InChI=1S/C23H31N5O5S/c1-17(21-24-16-20(23(29)30)22(25-21)27-10-4-3-5-11-27)26-12-14-28(15-13-26)34(31,32)19-8-6-18(33-2)7-9-19/h6-9,16-17H,3-5,10-15H2,1-2H3,(H,29,30). The number of carbonyl (C=O) groups is 1. The zero-order valence-corrected chi connectivity index (χ0v) is 20.4. The van der Waals surface area contributed by atoms with E-state index in [1.54, 1.807) is 24.3 Å². The lowest BCUT2D eigenvalue weighted by atomic mass is 10.1. The average Bonchev–Trinajstić information content (AvgIpc) is 2.88. The second-order valence-corrected chi connectivity index (χ2v) is 10.5. The first kappa shape index (κ1) is 24.4. The zero-order valence-electron chi connectivity index (χ0n) is 19.6. The molecule has 0 spiro atoms. The van der Waals surface area contributed by atoms with Crippen molar-refractivity contribution in [1.82, 2.24) is 19.2 Å². The van der Waals surface area contributed by atoms with Crippen molar-refractivity contribution in [3.63, 3.8) is 0 Å². The maximum Gasteiger partial charge on any atom is 0.341 e. The minimum atomic E-state index is -3.59. The van der Waals surface area contributed by atoms with Crippen molar-refractivity contribution in [2.75, 3.05) is 51.3 Å². The number of hydrogen-bond donors (Lipinski definition) is 1. The quantitative estimate of drug-likeness (QED) is 0.625. The van der Waals surface area contributed by atoms with Gasteiger partial charge in [-0.2, -0.15) is 4.31 Å². The Morgan fingerprint density at radius 2 is 1.68 bits per heavy atom. The summed E-state index contributed by atoms with van der Waals surface area (Å²) >= 11 is 0. The number of sulfonamides is 1. The maximum atomic E-state index is 13.0. The van der Waals surface area contributed by atoms with Gasteiger partial charge in [-0.15, -0.1) is 0 Å². The highest BCUT2D eigenvalue weighted by Crippen LogP contribution is 2.27. The van der Waals surface area contributed by atoms with Crippen molar-refractivity contribution in [3.05, 3.63) is 41.9 Å². The molecule has 3 heterocycles. The summed E-state index contributed by atoms with van der Waals surface area (Å²) in [6, 6.07) is 6.23. The van der Waals surface area contributed by atoms with E-state index in [1.165, 1.54) is 17.6 Å². The van der Waals surface area contributed by atoms with Crippen molar-refractivity contribution in [2.45, 2.75) is 37.1 Å². The second-order valence-electron chi connectivity index (χ2n) is 8.61. The number of carboxylic acids is 1. The predicted octanol–water partition coefficient (Wildman–Crippen LogP) is 2.24. The highest BCUT2D eigenvalue weighted by molar-refractivity contribution is 7.89. The topological polar surface area (TPSA) is 116 Å². The first-order valence-corrected chi connectivity index (χ1v) is 13.0. The number of anilines is 1. The molecule has 4 rings (SSSR count). The molecule has 184 valence electrons. The summed E-state index contributed by atoms with van der Waals surface area (Å²) in [4.78, 5) is 25.2. The van der Waals surface area contributed by atoms with Crippen LogP contribution in [0, 0.1) is 0 Å². The number of ether oxygens (including phenoxy) is 1. The molecular formula is C23H31N5O5S. The van der Waals surface area contributed by atoms with Gasteiger partial charge in [-0.25, -0.2) is 23.2 Å². The molecule has 1 atom stereocenters. The average molecular weight is 490 g/mol. The van der Waals surface area contributed by atoms with E-state index in [-0.39, 0.29) is 16.5 Å². The van der Waals surface area contributed by atoms with Crippen LogP contribution >= 0.6 is 0 Å². The van der Waals surface area contributed by atoms with Crippen molar-refractivity contribution in [1.29, 1.82) is 0 Å². The summed E-state index contributed by atoms with van der Waals surface area (Å²) in [6.45, 7) is 5.30. The van der Waals surface area contributed by atoms with Gasteiger partial charge >= 0.3 is 5.97 Å². The van der Waals surface area contributed by atoms with Crippen molar-refractivity contribution in [2.24, 2.45) is 0 Å². The summed E-state index contributed by atoms with van der Waals surface area (Å²) in [6.07, 6.45) is 4.56. The fourth-order valence-electron chi connectivity index (χ4n) is 4.48. The molecule has 2 fully saturated rings. The molecule has 0 aliphatic carbocycles. The van der Waals surface area contributed by atoms with Gasteiger partial charge in [0.2, 0.25) is 10.0 Å². The van der Waals surface area contributed by atoms with Gasteiger partial charge in [0.25, 0.3) is 0 Å². The number of nitrogens with zero attached hydrogens (tertiary/aromatic N) is 5. The second kappa shape index (κ2) is 10.2. The molecule has 0 radical (unpaired) electrons. The molecule has 2 aliphatic heterocycles. The zero-order chi connectivity index (χ0) is 24.3. The van der Waals surface area contributed by atoms with Gasteiger partial charge in [0.15, 0.2) is 0 Å². The summed E-state index contributed by atoms with van der Waals surface area (Å²) < 4.78 is 32.7. The summed E-state index contributed by atoms with van der Waals surface area (Å²) in [7, 11) is -2.05. The fourth-order valence-corrected chi connectivity index (χ4v) is 5.90. The molecule has 0 amide bonds. The summed E-state index contributed by atoms with van der Waals surface area (Å²) in [5, 5.41) is 9.62. The van der Waals surface area contributed by atoms with E-state index < -0.39 is 16.0 Å². The lowest BCUT2D eigenvalue weighted by Crippen LogP contribution is -2.49. The Morgan fingerprint density at radius 3 is 2.26 bits per heavy atom. The highest BCUT2D eigenvalue weighted by atomic mass is 32.2. The third-order valence-electron chi connectivity index (χ3n) is 6.57. The Kier molecular flexibility index (Phi) is 7.34. The summed E-state index contributed by atoms with van der Waals surface area (Å²) in [5.74, 6) is 0.606. The van der Waals surface area contributed by atoms with Crippen LogP contribution in [-0.2, 0) is 10.0 Å². The smallest absolute Gasteiger partial charge is 0.341 e. The van der Waals surface area contributed by atoms with E-state index in [0.29, 0.717) is 43.6 Å². The molecule has 2 aromatic rings. The van der Waals surface area contributed by atoms with Gasteiger partial charge in [0.05, 0.1) is 18.0 Å². The Balaban J connectivity index is 1.46. The van der Waals surface area contributed by atoms with E-state index in [0.717, 1.165) is 32.4 Å². The molecular weight excluding hydrogens is 458 g/mol. The maximum absolute atomic E-state index is 13.0. The van der Waals surface area contributed by atoms with Gasteiger partial charge in [0.1, 0.15) is 23.0 Å². The molecule has 1 aromatic heterocycles. The normalized spacial score (nSPS) is 19.1. The van der Waals surface area contributed by atoms with Crippen LogP contribution in [-0.4, -0.2) is 85.0 Å². The van der Waals surface area contributed by atoms with Crippen LogP contribution in [0.1, 0.15) is 48.4 Å². The number of methoxy groups -OCH3 is 1. The number of rotatable bonds is 7. The van der Waals surface area contributed by atoms with Crippen molar-refractivity contribution >= 4 is 21.8 Å². The van der Waals surface area contributed by atoms with Gasteiger partial charge in [0, 0.05) is 45.5 Å². The molecule has 1 aromatic carbocycles. The minimum absolute atomic E-state index is 0.119. The highest BCUT2D eigenvalue weighted by Gasteiger charge is 2.32. The van der Waals surface area contributed by atoms with Crippen LogP contribution in [0.3, 0.4) is 0 Å². The van der Waals surface area contributed by atoms with Crippen LogP contribution < -0.4 is 9.64 Å². The van der Waals surface area contributed by atoms with Crippen LogP contribution in [0.2, 0.25) is 0 Å². The number of hydrogen-bond acceptors (Lipinski definition) is 8. The van der Waals surface area contributed by atoms with E-state index in [1.807, 2.05) is 11.8 Å². The number of benzene rings is 1. The van der Waals surface area contributed by atoms with Crippen molar-refractivity contribution in [3.8, 4) is 5.75 Å². The third-order valence-corrected chi connectivity index (χ3v) is 8.48. The molecule has 34 heavy (non-hydrogen) atoms. The van der Waals surface area contributed by atoms with Crippen LogP contribution in [0.4, 0.5) is 5.82 Å². The first-order chi connectivity index (χ1) is 16.3. The minimum Gasteiger partial charge on any atom is -0.497 e. The van der Waals surface area contributed by atoms with Gasteiger partial charge in [-0.05, 0) is 50.5 Å². The van der Waals surface area contributed by atoms with Gasteiger partial charge < -0.3 is 14.7 Å². The van der Waals surface area contributed by atoms with Crippen molar-refractivity contribution < 1.29 is 23.1 Å². The largest absolute Gasteiger partial charge is 0.497 e. The number of piperidine rings is 1. The molecule has 2 saturated heterocycles. The lowest BCUT2D eigenvalue weighted by molar-refractivity contribution is 0.0696. The van der Waals surface area contributed by atoms with E-state index >= 15 is 0 Å². The molecule has 10 nitrogen and oxygen atoms in total. The molecule has 2 aliphatic rings. The Morgan fingerprint density at radius 1 is 1.03 bits per heavy atom. The molecule has 0 bridgehead atoms. The van der Waals surface area contributed by atoms with Crippen LogP contribution in [0.25, 0.3) is 0 Å². The van der Waals surface area contributed by atoms with Crippen LogP contribution in [0.5, 0.6) is 5.75 Å². The Bertz CT molecular complexity index is 1110.